The third-order valence-electron chi connectivity index (χ3n) is 3.15. The summed E-state index contributed by atoms with van der Waals surface area (Å²) in [5.41, 5.74) is 8.11. The van der Waals surface area contributed by atoms with Crippen LogP contribution in [0.5, 0.6) is 5.75 Å². The summed E-state index contributed by atoms with van der Waals surface area (Å²) in [6.07, 6.45) is 5.39. The second-order valence-electron chi connectivity index (χ2n) is 4.31. The summed E-state index contributed by atoms with van der Waals surface area (Å²) in [4.78, 5) is 6.60. The monoisotopic (exact) mass is 233 g/mol. The summed E-state index contributed by atoms with van der Waals surface area (Å²) in [6.45, 7) is 6.25. The van der Waals surface area contributed by atoms with Crippen molar-refractivity contribution in [1.29, 1.82) is 0 Å². The maximum Gasteiger partial charge on any atom is 0.145 e. The lowest BCUT2D eigenvalue weighted by molar-refractivity contribution is 0.325. The van der Waals surface area contributed by atoms with E-state index < -0.39 is 0 Å². The lowest BCUT2D eigenvalue weighted by Gasteiger charge is -2.30. The number of pyridine rings is 1. The first-order valence-electron chi connectivity index (χ1n) is 5.96. The summed E-state index contributed by atoms with van der Waals surface area (Å²) in [7, 11) is 1.61. The number of hydrogen-bond acceptors (Lipinski definition) is 4. The molecule has 0 saturated carbocycles. The van der Waals surface area contributed by atoms with Crippen LogP contribution in [0.3, 0.4) is 0 Å². The molecule has 92 valence electrons. The van der Waals surface area contributed by atoms with Crippen LogP contribution in [0.2, 0.25) is 0 Å². The van der Waals surface area contributed by atoms with Gasteiger partial charge < -0.3 is 15.4 Å². The van der Waals surface area contributed by atoms with Crippen molar-refractivity contribution in [3.8, 4) is 5.75 Å². The highest BCUT2D eigenvalue weighted by Crippen LogP contribution is 2.26. The number of piperidine rings is 1. The van der Waals surface area contributed by atoms with Gasteiger partial charge in [0.05, 0.1) is 30.4 Å². The summed E-state index contributed by atoms with van der Waals surface area (Å²) in [5.74, 6) is 0.660. The molecule has 0 unspecified atom stereocenters. The fourth-order valence-electron chi connectivity index (χ4n) is 2.11. The minimum Gasteiger partial charge on any atom is -0.494 e. The van der Waals surface area contributed by atoms with Gasteiger partial charge in [0, 0.05) is 19.2 Å². The molecular formula is C13H19N3O. The maximum atomic E-state index is 5.75. The van der Waals surface area contributed by atoms with E-state index in [2.05, 4.69) is 16.5 Å². The second kappa shape index (κ2) is 5.08. The number of nitrogen functional groups attached to an aromatic ring is 1. The zero-order valence-electron chi connectivity index (χ0n) is 10.3. The van der Waals surface area contributed by atoms with Gasteiger partial charge in [-0.05, 0) is 19.3 Å². The predicted molar refractivity (Wildman–Crippen MR) is 69.7 cm³/mol. The van der Waals surface area contributed by atoms with Crippen LogP contribution in [0, 0.1) is 0 Å². The number of likely N-dealkylation sites (tertiary alicyclic amines) is 1. The number of nitrogens with zero attached hydrogens (tertiary/aromatic N) is 2. The Labute approximate surface area is 102 Å². The third kappa shape index (κ3) is 2.52. The molecule has 0 amide bonds. The zero-order chi connectivity index (χ0) is 12.3. The smallest absolute Gasteiger partial charge is 0.145 e. The Morgan fingerprint density at radius 2 is 2.12 bits per heavy atom. The van der Waals surface area contributed by atoms with E-state index in [1.807, 2.05) is 6.07 Å². The van der Waals surface area contributed by atoms with Crippen molar-refractivity contribution in [2.24, 2.45) is 0 Å². The van der Waals surface area contributed by atoms with E-state index in [-0.39, 0.29) is 0 Å². The predicted octanol–water partition coefficient (Wildman–Crippen LogP) is 2.13. The molecule has 2 heterocycles. The number of methoxy groups -OCH3 is 1. The Balaban J connectivity index is 2.18. The highest BCUT2D eigenvalue weighted by atomic mass is 16.5. The van der Waals surface area contributed by atoms with E-state index >= 15 is 0 Å². The minimum absolute atomic E-state index is 0.558. The van der Waals surface area contributed by atoms with Crippen LogP contribution in [0.15, 0.2) is 18.8 Å². The largest absolute Gasteiger partial charge is 0.494 e. The Hall–Kier alpha value is -1.71. The van der Waals surface area contributed by atoms with E-state index in [1.165, 1.54) is 19.3 Å². The van der Waals surface area contributed by atoms with Gasteiger partial charge in [-0.15, -0.1) is 0 Å². The molecule has 1 aromatic heterocycles. The summed E-state index contributed by atoms with van der Waals surface area (Å²) in [5, 5.41) is 0. The van der Waals surface area contributed by atoms with Crippen LogP contribution in [0.1, 0.15) is 25.0 Å². The molecule has 0 bridgehead atoms. The molecule has 0 aliphatic carbocycles. The van der Waals surface area contributed by atoms with Crippen molar-refractivity contribution in [1.82, 2.24) is 9.88 Å². The summed E-state index contributed by atoms with van der Waals surface area (Å²) < 4.78 is 5.20. The van der Waals surface area contributed by atoms with Gasteiger partial charge in [-0.2, -0.15) is 0 Å². The van der Waals surface area contributed by atoms with Gasteiger partial charge >= 0.3 is 0 Å². The highest BCUT2D eigenvalue weighted by Gasteiger charge is 2.15. The molecule has 0 radical (unpaired) electrons. The van der Waals surface area contributed by atoms with E-state index in [0.717, 1.165) is 24.5 Å². The molecule has 1 aliphatic heterocycles. The highest BCUT2D eigenvalue weighted by molar-refractivity contribution is 5.63. The average molecular weight is 233 g/mol. The van der Waals surface area contributed by atoms with Crippen LogP contribution in [-0.4, -0.2) is 30.1 Å². The molecule has 0 atom stereocenters. The third-order valence-corrected chi connectivity index (χ3v) is 3.15. The fourth-order valence-corrected chi connectivity index (χ4v) is 2.11. The van der Waals surface area contributed by atoms with Gasteiger partial charge in [-0.25, -0.2) is 0 Å². The lowest BCUT2D eigenvalue weighted by Crippen LogP contribution is -2.28. The van der Waals surface area contributed by atoms with E-state index in [4.69, 9.17) is 10.5 Å². The quantitative estimate of drug-likeness (QED) is 0.869. The Morgan fingerprint density at radius 1 is 1.41 bits per heavy atom. The van der Waals surface area contributed by atoms with Crippen molar-refractivity contribution in [2.45, 2.75) is 19.3 Å². The van der Waals surface area contributed by atoms with Gasteiger partial charge in [0.1, 0.15) is 5.75 Å². The van der Waals surface area contributed by atoms with Crippen LogP contribution in [0.4, 0.5) is 5.69 Å². The van der Waals surface area contributed by atoms with Crippen molar-refractivity contribution < 1.29 is 4.74 Å². The van der Waals surface area contributed by atoms with Crippen molar-refractivity contribution in [2.75, 3.05) is 25.9 Å². The molecule has 1 aromatic rings. The van der Waals surface area contributed by atoms with Gasteiger partial charge in [0.15, 0.2) is 0 Å². The van der Waals surface area contributed by atoms with E-state index in [9.17, 15) is 0 Å². The Bertz CT molecular complexity index is 411. The van der Waals surface area contributed by atoms with Gasteiger partial charge in [-0.3, -0.25) is 4.98 Å². The topological polar surface area (TPSA) is 51.4 Å². The molecule has 1 saturated heterocycles. The molecule has 4 nitrogen and oxygen atoms in total. The van der Waals surface area contributed by atoms with Crippen molar-refractivity contribution in [3.05, 3.63) is 24.5 Å². The molecule has 17 heavy (non-hydrogen) atoms. The van der Waals surface area contributed by atoms with Crippen LogP contribution >= 0.6 is 0 Å². The molecule has 0 aromatic carbocycles. The van der Waals surface area contributed by atoms with Gasteiger partial charge in [0.2, 0.25) is 0 Å². The van der Waals surface area contributed by atoms with Crippen LogP contribution in [0.25, 0.3) is 5.70 Å². The first kappa shape index (κ1) is 11.8. The minimum atomic E-state index is 0.558. The molecule has 1 fully saturated rings. The maximum absolute atomic E-state index is 5.75. The van der Waals surface area contributed by atoms with Gasteiger partial charge in [0.25, 0.3) is 0 Å². The van der Waals surface area contributed by atoms with Crippen molar-refractivity contribution in [3.63, 3.8) is 0 Å². The molecular weight excluding hydrogens is 214 g/mol. The normalized spacial score (nSPS) is 15.7. The lowest BCUT2D eigenvalue weighted by atomic mass is 10.1. The summed E-state index contributed by atoms with van der Waals surface area (Å²) in [6, 6.07) is 1.85. The molecule has 2 rings (SSSR count). The average Bonchev–Trinajstić information content (AvgIpc) is 2.39. The van der Waals surface area contributed by atoms with Crippen LogP contribution < -0.4 is 10.5 Å². The number of anilines is 1. The fraction of sp³-hybridized carbons (Fsp3) is 0.462. The van der Waals surface area contributed by atoms with Crippen molar-refractivity contribution >= 4 is 11.4 Å². The zero-order valence-corrected chi connectivity index (χ0v) is 10.3. The van der Waals surface area contributed by atoms with Gasteiger partial charge in [-0.1, -0.05) is 6.58 Å². The SMILES string of the molecule is C=C(c1cc(OC)c(N)cn1)N1CCCCC1. The molecule has 1 aliphatic rings. The van der Waals surface area contributed by atoms with E-state index in [0.29, 0.717) is 11.4 Å². The number of hydrogen-bond donors (Lipinski definition) is 1. The first-order valence-corrected chi connectivity index (χ1v) is 5.96. The standard InChI is InChI=1S/C13H19N3O/c1-10(16-6-4-3-5-7-16)12-8-13(17-2)11(14)9-15-12/h8-9H,1,3-7,14H2,2H3. The molecule has 4 heteroatoms. The first-order chi connectivity index (χ1) is 8.22. The van der Waals surface area contributed by atoms with Crippen LogP contribution in [-0.2, 0) is 0 Å². The number of nitrogens with two attached hydrogens (primary N) is 1. The summed E-state index contributed by atoms with van der Waals surface area (Å²) >= 11 is 0. The molecule has 0 spiro atoms. The number of aromatic nitrogens is 1. The molecule has 2 N–H and O–H groups in total. The number of ether oxygens (including phenoxy) is 1. The Kier molecular flexibility index (Phi) is 3.52. The second-order valence-corrected chi connectivity index (χ2v) is 4.31. The van der Waals surface area contributed by atoms with E-state index in [1.54, 1.807) is 13.3 Å². The number of rotatable bonds is 3. The Morgan fingerprint density at radius 3 is 2.76 bits per heavy atom.